The Bertz CT molecular complexity index is 513. The Hall–Kier alpha value is -0.910. The smallest absolute Gasteiger partial charge is 0.263 e. The molecule has 0 N–H and O–H groups in total. The van der Waals surface area contributed by atoms with Crippen LogP contribution < -0.4 is 0 Å². The summed E-state index contributed by atoms with van der Waals surface area (Å²) in [6.07, 6.45) is 4.11. The molecule has 3 aliphatic heterocycles. The summed E-state index contributed by atoms with van der Waals surface area (Å²) in [6.45, 7) is 6.22. The van der Waals surface area contributed by atoms with Crippen LogP contribution in [0, 0.1) is 11.8 Å². The number of hydrogen-bond donors (Lipinski definition) is 0. The molecule has 3 atom stereocenters. The van der Waals surface area contributed by atoms with Crippen LogP contribution in [0.15, 0.2) is 17.5 Å². The van der Waals surface area contributed by atoms with Crippen molar-refractivity contribution in [1.82, 2.24) is 9.80 Å². The summed E-state index contributed by atoms with van der Waals surface area (Å²) in [5.41, 5.74) is 0. The zero-order chi connectivity index (χ0) is 14.9. The number of amides is 1. The van der Waals surface area contributed by atoms with E-state index in [2.05, 4.69) is 9.80 Å². The molecule has 3 fully saturated rings. The molecule has 4 nitrogen and oxygen atoms in total. The first-order valence-electron chi connectivity index (χ1n) is 8.46. The minimum absolute atomic E-state index is 0.232. The molecular formula is C17H24N2O2S. The quantitative estimate of drug-likeness (QED) is 0.857. The lowest BCUT2D eigenvalue weighted by Crippen LogP contribution is -2.43. The molecule has 0 saturated carbocycles. The van der Waals surface area contributed by atoms with E-state index in [-0.39, 0.29) is 5.91 Å². The molecule has 120 valence electrons. The zero-order valence-corrected chi connectivity index (χ0v) is 13.8. The predicted octanol–water partition coefficient (Wildman–Crippen LogP) is 2.32. The SMILES string of the molecule is O=C(c1cccs1)N1C[C@H]2CN(C[C@@H]3CCCO3)CC[C@H]2C1. The van der Waals surface area contributed by atoms with Crippen LogP contribution in [0.4, 0.5) is 0 Å². The standard InChI is InChI=1S/C17H24N2O2S/c20-17(16-4-2-8-22-16)19-10-13-5-6-18(9-14(13)11-19)12-15-3-1-7-21-15/h2,4,8,13-15H,1,3,5-7,9-12H2/t13-,14+,15-/m0/s1. The third-order valence-corrected chi connectivity index (χ3v) is 6.25. The van der Waals surface area contributed by atoms with Gasteiger partial charge in [-0.15, -0.1) is 11.3 Å². The number of nitrogens with zero attached hydrogens (tertiary/aromatic N) is 2. The number of rotatable bonds is 3. The van der Waals surface area contributed by atoms with E-state index in [1.807, 2.05) is 17.5 Å². The fourth-order valence-electron chi connectivity index (χ4n) is 4.21. The highest BCUT2D eigenvalue weighted by Gasteiger charge is 2.39. The second kappa shape index (κ2) is 6.30. The average molecular weight is 320 g/mol. The van der Waals surface area contributed by atoms with Gasteiger partial charge < -0.3 is 14.5 Å². The van der Waals surface area contributed by atoms with Gasteiger partial charge in [-0.1, -0.05) is 6.07 Å². The van der Waals surface area contributed by atoms with Gasteiger partial charge in [-0.3, -0.25) is 4.79 Å². The van der Waals surface area contributed by atoms with E-state index in [0.717, 1.165) is 37.7 Å². The molecule has 1 amide bonds. The van der Waals surface area contributed by atoms with E-state index in [1.165, 1.54) is 25.8 Å². The normalized spacial score (nSPS) is 32.4. The van der Waals surface area contributed by atoms with Crippen LogP contribution in [-0.4, -0.2) is 61.1 Å². The molecule has 0 unspecified atom stereocenters. The summed E-state index contributed by atoms with van der Waals surface area (Å²) in [6, 6.07) is 3.91. The molecule has 22 heavy (non-hydrogen) atoms. The van der Waals surface area contributed by atoms with Gasteiger partial charge in [0.15, 0.2) is 0 Å². The van der Waals surface area contributed by atoms with E-state index in [9.17, 15) is 4.79 Å². The Morgan fingerprint density at radius 2 is 2.18 bits per heavy atom. The molecule has 1 aromatic heterocycles. The third kappa shape index (κ3) is 2.94. The maximum absolute atomic E-state index is 12.5. The fourth-order valence-corrected chi connectivity index (χ4v) is 4.90. The van der Waals surface area contributed by atoms with Crippen molar-refractivity contribution in [2.45, 2.75) is 25.4 Å². The van der Waals surface area contributed by atoms with Gasteiger partial charge >= 0.3 is 0 Å². The van der Waals surface area contributed by atoms with E-state index < -0.39 is 0 Å². The molecular weight excluding hydrogens is 296 g/mol. The second-order valence-electron chi connectivity index (χ2n) is 6.89. The molecule has 0 aromatic carbocycles. The van der Waals surface area contributed by atoms with E-state index in [0.29, 0.717) is 17.9 Å². The summed E-state index contributed by atoms with van der Waals surface area (Å²) in [4.78, 5) is 18.0. The summed E-state index contributed by atoms with van der Waals surface area (Å²) in [5, 5.41) is 1.99. The molecule has 0 bridgehead atoms. The summed E-state index contributed by atoms with van der Waals surface area (Å²) >= 11 is 1.55. The van der Waals surface area contributed by atoms with Crippen LogP contribution in [0.25, 0.3) is 0 Å². The summed E-state index contributed by atoms with van der Waals surface area (Å²) in [7, 11) is 0. The second-order valence-corrected chi connectivity index (χ2v) is 7.84. The fraction of sp³-hybridized carbons (Fsp3) is 0.706. The van der Waals surface area contributed by atoms with Gasteiger partial charge in [-0.2, -0.15) is 0 Å². The van der Waals surface area contributed by atoms with Crippen molar-refractivity contribution < 1.29 is 9.53 Å². The predicted molar refractivity (Wildman–Crippen MR) is 87.2 cm³/mol. The Morgan fingerprint density at radius 1 is 1.27 bits per heavy atom. The molecule has 0 radical (unpaired) electrons. The maximum Gasteiger partial charge on any atom is 0.263 e. The summed E-state index contributed by atoms with van der Waals surface area (Å²) in [5.74, 6) is 1.58. The van der Waals surface area contributed by atoms with Crippen molar-refractivity contribution in [3.05, 3.63) is 22.4 Å². The van der Waals surface area contributed by atoms with Crippen LogP contribution in [-0.2, 0) is 4.74 Å². The molecule has 3 aliphatic rings. The van der Waals surface area contributed by atoms with Gasteiger partial charge in [-0.05, 0) is 49.1 Å². The van der Waals surface area contributed by atoms with Gasteiger partial charge in [-0.25, -0.2) is 0 Å². The van der Waals surface area contributed by atoms with Crippen molar-refractivity contribution in [2.24, 2.45) is 11.8 Å². The lowest BCUT2D eigenvalue weighted by Gasteiger charge is -2.35. The highest BCUT2D eigenvalue weighted by Crippen LogP contribution is 2.32. The minimum Gasteiger partial charge on any atom is -0.377 e. The van der Waals surface area contributed by atoms with Crippen LogP contribution in [0.5, 0.6) is 0 Å². The number of likely N-dealkylation sites (tertiary alicyclic amines) is 2. The van der Waals surface area contributed by atoms with Crippen LogP contribution in [0.3, 0.4) is 0 Å². The molecule has 1 aromatic rings. The first-order chi connectivity index (χ1) is 10.8. The number of fused-ring (bicyclic) bond motifs is 1. The average Bonchev–Trinajstić information content (AvgIpc) is 3.27. The summed E-state index contributed by atoms with van der Waals surface area (Å²) < 4.78 is 5.77. The maximum atomic E-state index is 12.5. The van der Waals surface area contributed by atoms with Gasteiger partial charge in [0.25, 0.3) is 5.91 Å². The van der Waals surface area contributed by atoms with Gasteiger partial charge in [0.1, 0.15) is 0 Å². The first kappa shape index (κ1) is 14.7. The number of carbonyl (C=O) groups excluding carboxylic acids is 1. The van der Waals surface area contributed by atoms with Crippen molar-refractivity contribution in [3.8, 4) is 0 Å². The lowest BCUT2D eigenvalue weighted by atomic mass is 9.88. The number of carbonyl (C=O) groups is 1. The van der Waals surface area contributed by atoms with Crippen LogP contribution in [0.2, 0.25) is 0 Å². The highest BCUT2D eigenvalue weighted by atomic mass is 32.1. The molecule has 4 rings (SSSR count). The topological polar surface area (TPSA) is 32.8 Å². The monoisotopic (exact) mass is 320 g/mol. The lowest BCUT2D eigenvalue weighted by molar-refractivity contribution is 0.0506. The molecule has 4 heterocycles. The van der Waals surface area contributed by atoms with Crippen LogP contribution >= 0.6 is 11.3 Å². The number of ether oxygens (including phenoxy) is 1. The number of thiophene rings is 1. The Labute approximate surface area is 136 Å². The highest BCUT2D eigenvalue weighted by molar-refractivity contribution is 7.12. The zero-order valence-electron chi connectivity index (χ0n) is 12.9. The van der Waals surface area contributed by atoms with Crippen molar-refractivity contribution in [1.29, 1.82) is 0 Å². The molecule has 0 spiro atoms. The van der Waals surface area contributed by atoms with Crippen LogP contribution in [0.1, 0.15) is 28.9 Å². The molecule has 0 aliphatic carbocycles. The van der Waals surface area contributed by atoms with Gasteiger partial charge in [0, 0.05) is 32.8 Å². The Kier molecular flexibility index (Phi) is 4.20. The first-order valence-corrected chi connectivity index (χ1v) is 9.34. The number of piperidine rings is 1. The Balaban J connectivity index is 1.34. The van der Waals surface area contributed by atoms with Crippen molar-refractivity contribution in [2.75, 3.05) is 39.3 Å². The van der Waals surface area contributed by atoms with Gasteiger partial charge in [0.05, 0.1) is 11.0 Å². The van der Waals surface area contributed by atoms with E-state index in [4.69, 9.17) is 4.74 Å². The number of hydrogen-bond acceptors (Lipinski definition) is 4. The molecule has 3 saturated heterocycles. The Morgan fingerprint density at radius 3 is 2.95 bits per heavy atom. The largest absolute Gasteiger partial charge is 0.377 e. The van der Waals surface area contributed by atoms with E-state index in [1.54, 1.807) is 11.3 Å². The van der Waals surface area contributed by atoms with Crippen molar-refractivity contribution in [3.63, 3.8) is 0 Å². The van der Waals surface area contributed by atoms with Crippen molar-refractivity contribution >= 4 is 17.2 Å². The molecule has 5 heteroatoms. The minimum atomic E-state index is 0.232. The van der Waals surface area contributed by atoms with E-state index >= 15 is 0 Å². The van der Waals surface area contributed by atoms with Gasteiger partial charge in [0.2, 0.25) is 0 Å². The third-order valence-electron chi connectivity index (χ3n) is 5.39.